The average molecular weight is 521 g/mol. The molecule has 1 atom stereocenters. The lowest BCUT2D eigenvalue weighted by molar-refractivity contribution is -0.119. The molecule has 2 aromatic carbocycles. The number of hydrogen-bond donors (Lipinski definition) is 1. The molecule has 4 aromatic rings. The molecule has 11 heteroatoms. The van der Waals surface area contributed by atoms with Gasteiger partial charge in [-0.3, -0.25) is 9.48 Å². The minimum Gasteiger partial charge on any atom is -0.420 e. The van der Waals surface area contributed by atoms with E-state index in [1.807, 2.05) is 64.3 Å². The monoisotopic (exact) mass is 520 g/mol. The van der Waals surface area contributed by atoms with Gasteiger partial charge in [0.15, 0.2) is 9.84 Å². The first-order chi connectivity index (χ1) is 17.4. The Balaban J connectivity index is 1.55. The second kappa shape index (κ2) is 8.93. The van der Waals surface area contributed by atoms with Crippen LogP contribution in [0.2, 0.25) is 0 Å². The predicted octanol–water partition coefficient (Wildman–Crippen LogP) is 3.08. The number of aryl methyl sites for hydroxylation is 1. The quantitative estimate of drug-likeness (QED) is 0.433. The van der Waals surface area contributed by atoms with Gasteiger partial charge in [0, 0.05) is 29.8 Å². The van der Waals surface area contributed by atoms with E-state index in [9.17, 15) is 13.2 Å². The van der Waals surface area contributed by atoms with Crippen molar-refractivity contribution >= 4 is 21.4 Å². The maximum Gasteiger partial charge on any atom is 0.247 e. The van der Waals surface area contributed by atoms with E-state index in [2.05, 4.69) is 15.3 Å². The summed E-state index contributed by atoms with van der Waals surface area (Å²) in [6, 6.07) is 13.0. The molecule has 3 heterocycles. The highest BCUT2D eigenvalue weighted by Crippen LogP contribution is 2.36. The Morgan fingerprint density at radius 3 is 2.38 bits per heavy atom. The molecule has 0 radical (unpaired) electrons. The average Bonchev–Trinajstić information content (AvgIpc) is 3.50. The summed E-state index contributed by atoms with van der Waals surface area (Å²) < 4.78 is 33.8. The van der Waals surface area contributed by atoms with Gasteiger partial charge in [-0.15, -0.1) is 10.2 Å². The van der Waals surface area contributed by atoms with Gasteiger partial charge in [0.2, 0.25) is 17.7 Å². The number of carbonyl (C=O) groups is 1. The Labute approximate surface area is 215 Å². The molecule has 1 amide bonds. The van der Waals surface area contributed by atoms with E-state index in [0.717, 1.165) is 16.8 Å². The van der Waals surface area contributed by atoms with Gasteiger partial charge in [-0.1, -0.05) is 45.0 Å². The Morgan fingerprint density at radius 2 is 1.76 bits per heavy atom. The number of hydrogen-bond acceptors (Lipinski definition) is 8. The Kier molecular flexibility index (Phi) is 5.99. The van der Waals surface area contributed by atoms with Crippen molar-refractivity contribution in [1.29, 1.82) is 0 Å². The fraction of sp³-hybridized carbons (Fsp3) is 0.308. The van der Waals surface area contributed by atoms with Crippen LogP contribution < -0.4 is 10.6 Å². The summed E-state index contributed by atoms with van der Waals surface area (Å²) in [6.07, 6.45) is 1.86. The Morgan fingerprint density at radius 1 is 1.05 bits per heavy atom. The molecule has 10 nitrogen and oxygen atoms in total. The van der Waals surface area contributed by atoms with Crippen LogP contribution >= 0.6 is 0 Å². The van der Waals surface area contributed by atoms with Gasteiger partial charge in [0.05, 0.1) is 34.6 Å². The van der Waals surface area contributed by atoms with Crippen LogP contribution in [0.3, 0.4) is 0 Å². The van der Waals surface area contributed by atoms with E-state index < -0.39 is 27.5 Å². The molecule has 0 saturated carbocycles. The van der Waals surface area contributed by atoms with Crippen LogP contribution in [0.4, 0.5) is 5.69 Å². The Bertz CT molecular complexity index is 1580. The molecule has 2 aromatic heterocycles. The van der Waals surface area contributed by atoms with Gasteiger partial charge in [-0.2, -0.15) is 5.10 Å². The van der Waals surface area contributed by atoms with Crippen LogP contribution in [0.25, 0.3) is 22.7 Å². The number of aromatic nitrogens is 4. The fourth-order valence-corrected chi connectivity index (χ4v) is 5.74. The maximum atomic E-state index is 13.3. The van der Waals surface area contributed by atoms with Crippen LogP contribution in [0, 0.1) is 0 Å². The molecule has 37 heavy (non-hydrogen) atoms. The molecule has 1 aliphatic rings. The van der Waals surface area contributed by atoms with Gasteiger partial charge in [0.1, 0.15) is 0 Å². The third-order valence-electron chi connectivity index (χ3n) is 6.18. The van der Waals surface area contributed by atoms with E-state index in [1.54, 1.807) is 16.8 Å². The lowest BCUT2D eigenvalue weighted by atomic mass is 9.97. The summed E-state index contributed by atoms with van der Waals surface area (Å²) in [7, 11) is -1.96. The summed E-state index contributed by atoms with van der Waals surface area (Å²) in [5.74, 6) is -0.254. The van der Waals surface area contributed by atoms with Crippen LogP contribution in [-0.4, -0.2) is 46.1 Å². The van der Waals surface area contributed by atoms with E-state index in [0.29, 0.717) is 11.5 Å². The van der Waals surface area contributed by atoms with Crippen molar-refractivity contribution in [3.05, 3.63) is 66.2 Å². The molecule has 0 spiro atoms. The maximum absolute atomic E-state index is 13.3. The molecule has 192 valence electrons. The molecular weight excluding hydrogens is 492 g/mol. The van der Waals surface area contributed by atoms with Crippen molar-refractivity contribution < 1.29 is 17.6 Å². The number of fused-ring (bicyclic) bond motifs is 1. The number of nitrogens with zero attached hydrogens (tertiary/aromatic N) is 5. The summed E-state index contributed by atoms with van der Waals surface area (Å²) in [5, 5.41) is 12.7. The second-order valence-electron chi connectivity index (χ2n) is 10.2. The zero-order valence-electron chi connectivity index (χ0n) is 21.0. The number of amides is 1. The summed E-state index contributed by atoms with van der Waals surface area (Å²) in [6.45, 7) is 6.00. The molecule has 0 fully saturated rings. The van der Waals surface area contributed by atoms with Gasteiger partial charge in [0.25, 0.3) is 0 Å². The lowest BCUT2D eigenvalue weighted by Crippen LogP contribution is -2.45. The summed E-state index contributed by atoms with van der Waals surface area (Å²) >= 11 is 0. The summed E-state index contributed by atoms with van der Waals surface area (Å²) in [5.41, 5.74) is 9.02. The predicted molar refractivity (Wildman–Crippen MR) is 138 cm³/mol. The number of carbonyl (C=O) groups excluding carboxylic acids is 1. The first-order valence-electron chi connectivity index (χ1n) is 11.8. The van der Waals surface area contributed by atoms with E-state index in [-0.39, 0.29) is 28.4 Å². The number of rotatable bonds is 4. The van der Waals surface area contributed by atoms with Crippen molar-refractivity contribution in [2.45, 2.75) is 43.7 Å². The van der Waals surface area contributed by atoms with Crippen LogP contribution in [0.1, 0.15) is 32.2 Å². The van der Waals surface area contributed by atoms with Crippen LogP contribution in [0.15, 0.2) is 64.0 Å². The van der Waals surface area contributed by atoms with E-state index in [1.165, 1.54) is 11.0 Å². The summed E-state index contributed by atoms with van der Waals surface area (Å²) in [4.78, 5) is 14.8. The topological polar surface area (TPSA) is 137 Å². The van der Waals surface area contributed by atoms with Gasteiger partial charge < -0.3 is 15.1 Å². The molecule has 2 N–H and O–H groups in total. The Hall–Kier alpha value is -3.83. The minimum atomic E-state index is -3.81. The second-order valence-corrected chi connectivity index (χ2v) is 12.2. The van der Waals surface area contributed by atoms with Crippen molar-refractivity contribution in [1.82, 2.24) is 20.0 Å². The molecule has 0 aliphatic carbocycles. The molecule has 0 bridgehead atoms. The smallest absolute Gasteiger partial charge is 0.247 e. The van der Waals surface area contributed by atoms with Crippen molar-refractivity contribution in [2.24, 2.45) is 12.8 Å². The molecule has 5 rings (SSSR count). The fourth-order valence-electron chi connectivity index (χ4n) is 4.18. The number of sulfone groups is 1. The highest BCUT2D eigenvalue weighted by molar-refractivity contribution is 7.91. The normalized spacial score (nSPS) is 17.5. The van der Waals surface area contributed by atoms with E-state index in [4.69, 9.17) is 10.2 Å². The molecule has 0 saturated heterocycles. The SMILES string of the molecule is Cn1ccc(-c2ccc(CN3C(=O)[C@@H](N)CS(=O)(=O)c4ccc(-c5nnc(C(C)(C)C)o5)cc43)cc2)n1. The van der Waals surface area contributed by atoms with Gasteiger partial charge in [-0.25, -0.2) is 8.42 Å². The van der Waals surface area contributed by atoms with Gasteiger partial charge >= 0.3 is 0 Å². The molecule has 1 aliphatic heterocycles. The number of anilines is 1. The van der Waals surface area contributed by atoms with Crippen molar-refractivity contribution in [3.8, 4) is 22.7 Å². The third-order valence-corrected chi connectivity index (χ3v) is 8.00. The molecular formula is C26H28N6O4S. The van der Waals surface area contributed by atoms with E-state index >= 15 is 0 Å². The highest BCUT2D eigenvalue weighted by atomic mass is 32.2. The first-order valence-corrected chi connectivity index (χ1v) is 13.4. The standard InChI is InChI=1S/C26H28N6O4S/c1-26(2,3)25-29-28-23(36-25)18-9-10-22-21(13-18)32(24(33)19(27)15-37(22,34)35)14-16-5-7-17(8-6-16)20-11-12-31(4)30-20/h5-13,19H,14-15,27H2,1-4H3/t19-/m0/s1. The highest BCUT2D eigenvalue weighted by Gasteiger charge is 2.36. The molecule has 0 unspecified atom stereocenters. The number of benzene rings is 2. The zero-order chi connectivity index (χ0) is 26.5. The number of nitrogens with two attached hydrogens (primary N) is 1. The zero-order valence-corrected chi connectivity index (χ0v) is 21.9. The van der Waals surface area contributed by atoms with Crippen LogP contribution in [0.5, 0.6) is 0 Å². The minimum absolute atomic E-state index is 0.0400. The first kappa shape index (κ1) is 24.8. The van der Waals surface area contributed by atoms with Crippen LogP contribution in [-0.2, 0) is 33.6 Å². The van der Waals surface area contributed by atoms with Gasteiger partial charge in [-0.05, 0) is 29.8 Å². The van der Waals surface area contributed by atoms with Crippen molar-refractivity contribution in [3.63, 3.8) is 0 Å². The van der Waals surface area contributed by atoms with Crippen molar-refractivity contribution in [2.75, 3.05) is 10.7 Å². The largest absolute Gasteiger partial charge is 0.420 e. The lowest BCUT2D eigenvalue weighted by Gasteiger charge is -2.24. The third kappa shape index (κ3) is 4.79.